The molecule has 0 aromatic heterocycles. The van der Waals surface area contributed by atoms with Crippen molar-refractivity contribution in [2.75, 3.05) is 12.4 Å². The molecule has 0 unspecified atom stereocenters. The lowest BCUT2D eigenvalue weighted by molar-refractivity contribution is 0.102. The van der Waals surface area contributed by atoms with Crippen LogP contribution in [0.1, 0.15) is 21.5 Å². The van der Waals surface area contributed by atoms with Crippen molar-refractivity contribution in [1.82, 2.24) is 0 Å². The van der Waals surface area contributed by atoms with Crippen molar-refractivity contribution in [2.24, 2.45) is 0 Å². The Balaban J connectivity index is 2.36. The number of rotatable bonds is 3. The van der Waals surface area contributed by atoms with E-state index in [1.165, 1.54) is 19.2 Å². The van der Waals surface area contributed by atoms with Crippen molar-refractivity contribution < 1.29 is 14.6 Å². The Morgan fingerprint density at radius 1 is 1.33 bits per heavy atom. The van der Waals surface area contributed by atoms with Gasteiger partial charge in [-0.15, -0.1) is 0 Å². The van der Waals surface area contributed by atoms with Crippen LogP contribution in [-0.2, 0) is 0 Å². The third-order valence-electron chi connectivity index (χ3n) is 3.06. The summed E-state index contributed by atoms with van der Waals surface area (Å²) in [5, 5.41) is 21.3. The van der Waals surface area contributed by atoms with E-state index in [1.807, 2.05) is 6.07 Å². The summed E-state index contributed by atoms with van der Waals surface area (Å²) in [7, 11) is 1.47. The first-order valence-corrected chi connectivity index (χ1v) is 6.25. The van der Waals surface area contributed by atoms with Crippen molar-refractivity contribution in [2.45, 2.75) is 6.92 Å². The van der Waals surface area contributed by atoms with E-state index in [-0.39, 0.29) is 11.7 Å². The first-order valence-electron chi connectivity index (χ1n) is 6.25. The van der Waals surface area contributed by atoms with Crippen molar-refractivity contribution in [1.29, 1.82) is 5.26 Å². The Bertz CT molecular complexity index is 733. The number of anilines is 1. The molecular weight excluding hydrogens is 268 g/mol. The van der Waals surface area contributed by atoms with Gasteiger partial charge in [-0.1, -0.05) is 6.07 Å². The number of carbonyl (C=O) groups is 1. The fourth-order valence-electron chi connectivity index (χ4n) is 1.91. The normalized spacial score (nSPS) is 9.76. The van der Waals surface area contributed by atoms with Gasteiger partial charge in [0.1, 0.15) is 23.3 Å². The fraction of sp³-hybridized carbons (Fsp3) is 0.125. The molecule has 0 spiro atoms. The molecule has 0 aliphatic heterocycles. The number of nitrogens with zero attached hydrogens (tertiary/aromatic N) is 1. The third-order valence-corrected chi connectivity index (χ3v) is 3.06. The standard InChI is InChI=1S/C16H14N2O3/c1-10-8-11(6-7-13(10)19)16(20)18-15-12(9-17)4-3-5-14(15)21-2/h3-8,19H,1-2H3,(H,18,20). The number of ether oxygens (including phenoxy) is 1. The second kappa shape index (κ2) is 5.97. The van der Waals surface area contributed by atoms with Gasteiger partial charge in [0.05, 0.1) is 12.7 Å². The van der Waals surface area contributed by atoms with E-state index in [0.717, 1.165) is 0 Å². The molecule has 106 valence electrons. The van der Waals surface area contributed by atoms with Gasteiger partial charge in [-0.25, -0.2) is 0 Å². The van der Waals surface area contributed by atoms with E-state index in [2.05, 4.69) is 5.32 Å². The lowest BCUT2D eigenvalue weighted by Crippen LogP contribution is -2.14. The maximum Gasteiger partial charge on any atom is 0.255 e. The summed E-state index contributed by atoms with van der Waals surface area (Å²) < 4.78 is 5.16. The molecule has 0 atom stereocenters. The predicted molar refractivity (Wildman–Crippen MR) is 78.5 cm³/mol. The number of aromatic hydroxyl groups is 1. The molecule has 0 fully saturated rings. The molecule has 5 nitrogen and oxygen atoms in total. The minimum absolute atomic E-state index is 0.126. The first kappa shape index (κ1) is 14.4. The van der Waals surface area contributed by atoms with Gasteiger partial charge < -0.3 is 15.2 Å². The van der Waals surface area contributed by atoms with Gasteiger partial charge in [0.2, 0.25) is 0 Å². The number of benzene rings is 2. The van der Waals surface area contributed by atoms with Gasteiger partial charge in [-0.3, -0.25) is 4.79 Å². The lowest BCUT2D eigenvalue weighted by atomic mass is 10.1. The number of nitriles is 1. The van der Waals surface area contributed by atoms with Gasteiger partial charge in [0.25, 0.3) is 5.91 Å². The number of phenols is 1. The van der Waals surface area contributed by atoms with Crippen molar-refractivity contribution in [3.05, 3.63) is 53.1 Å². The number of hydrogen-bond donors (Lipinski definition) is 2. The van der Waals surface area contributed by atoms with Crippen LogP contribution in [0.5, 0.6) is 11.5 Å². The highest BCUT2D eigenvalue weighted by Gasteiger charge is 2.14. The molecule has 0 bridgehead atoms. The summed E-state index contributed by atoms with van der Waals surface area (Å²) in [6.07, 6.45) is 0. The molecule has 0 heterocycles. The van der Waals surface area contributed by atoms with E-state index in [4.69, 9.17) is 10.00 Å². The molecular formula is C16H14N2O3. The summed E-state index contributed by atoms with van der Waals surface area (Å²) in [6.45, 7) is 1.70. The number of phenolic OH excluding ortho intramolecular Hbond substituents is 1. The zero-order valence-electron chi connectivity index (χ0n) is 11.7. The molecule has 2 aromatic carbocycles. The Morgan fingerprint density at radius 2 is 2.10 bits per heavy atom. The van der Waals surface area contributed by atoms with Crippen LogP contribution in [0.25, 0.3) is 0 Å². The molecule has 2 aromatic rings. The quantitative estimate of drug-likeness (QED) is 0.906. The lowest BCUT2D eigenvalue weighted by Gasteiger charge is -2.12. The molecule has 0 saturated heterocycles. The second-order valence-corrected chi connectivity index (χ2v) is 4.45. The van der Waals surface area contributed by atoms with Crippen LogP contribution in [0.15, 0.2) is 36.4 Å². The number of aryl methyl sites for hydroxylation is 1. The van der Waals surface area contributed by atoms with Crippen molar-refractivity contribution >= 4 is 11.6 Å². The molecule has 0 aliphatic carbocycles. The fourth-order valence-corrected chi connectivity index (χ4v) is 1.91. The first-order chi connectivity index (χ1) is 10.1. The Labute approximate surface area is 122 Å². The van der Waals surface area contributed by atoms with Crippen LogP contribution in [0.3, 0.4) is 0 Å². The zero-order chi connectivity index (χ0) is 15.4. The van der Waals surface area contributed by atoms with Crippen LogP contribution < -0.4 is 10.1 Å². The SMILES string of the molecule is COc1cccc(C#N)c1NC(=O)c1ccc(O)c(C)c1. The van der Waals surface area contributed by atoms with Crippen LogP contribution in [0.2, 0.25) is 0 Å². The topological polar surface area (TPSA) is 82.3 Å². The van der Waals surface area contributed by atoms with E-state index < -0.39 is 0 Å². The number of methoxy groups -OCH3 is 1. The minimum atomic E-state index is -0.376. The molecule has 0 saturated carbocycles. The molecule has 21 heavy (non-hydrogen) atoms. The highest BCUT2D eigenvalue weighted by Crippen LogP contribution is 2.28. The van der Waals surface area contributed by atoms with Crippen LogP contribution in [-0.4, -0.2) is 18.1 Å². The van der Waals surface area contributed by atoms with Gasteiger partial charge in [0, 0.05) is 5.56 Å². The number of para-hydroxylation sites is 1. The Kier molecular flexibility index (Phi) is 4.10. The number of amides is 1. The van der Waals surface area contributed by atoms with Gasteiger partial charge in [-0.05, 0) is 42.8 Å². The number of hydrogen-bond acceptors (Lipinski definition) is 4. The maximum atomic E-state index is 12.3. The average Bonchev–Trinajstić information content (AvgIpc) is 2.50. The smallest absolute Gasteiger partial charge is 0.255 e. The molecule has 5 heteroatoms. The summed E-state index contributed by atoms with van der Waals surface area (Å²) in [4.78, 5) is 12.3. The van der Waals surface area contributed by atoms with Crippen LogP contribution in [0, 0.1) is 18.3 Å². The predicted octanol–water partition coefficient (Wildman–Crippen LogP) is 2.83. The van der Waals surface area contributed by atoms with E-state index in [0.29, 0.717) is 28.1 Å². The van der Waals surface area contributed by atoms with Crippen molar-refractivity contribution in [3.63, 3.8) is 0 Å². The number of nitrogens with one attached hydrogen (secondary N) is 1. The minimum Gasteiger partial charge on any atom is -0.508 e. The molecule has 1 amide bonds. The summed E-state index contributed by atoms with van der Waals surface area (Å²) in [6, 6.07) is 11.5. The van der Waals surface area contributed by atoms with Crippen LogP contribution in [0.4, 0.5) is 5.69 Å². The van der Waals surface area contributed by atoms with Gasteiger partial charge in [-0.2, -0.15) is 5.26 Å². The summed E-state index contributed by atoms with van der Waals surface area (Å²) in [5.74, 6) is 0.165. The van der Waals surface area contributed by atoms with E-state index >= 15 is 0 Å². The maximum absolute atomic E-state index is 12.3. The number of carbonyl (C=O) groups excluding carboxylic acids is 1. The van der Waals surface area contributed by atoms with Crippen LogP contribution >= 0.6 is 0 Å². The average molecular weight is 282 g/mol. The van der Waals surface area contributed by atoms with Gasteiger partial charge >= 0.3 is 0 Å². The van der Waals surface area contributed by atoms with E-state index in [9.17, 15) is 9.90 Å². The van der Waals surface area contributed by atoms with Gasteiger partial charge in [0.15, 0.2) is 0 Å². The monoisotopic (exact) mass is 282 g/mol. The summed E-state index contributed by atoms with van der Waals surface area (Å²) >= 11 is 0. The highest BCUT2D eigenvalue weighted by atomic mass is 16.5. The molecule has 0 aliphatic rings. The largest absolute Gasteiger partial charge is 0.508 e. The third kappa shape index (κ3) is 2.95. The second-order valence-electron chi connectivity index (χ2n) is 4.45. The van der Waals surface area contributed by atoms with Crippen molar-refractivity contribution in [3.8, 4) is 17.6 Å². The highest BCUT2D eigenvalue weighted by molar-refractivity contribution is 6.06. The Hall–Kier alpha value is -3.00. The molecule has 0 radical (unpaired) electrons. The molecule has 2 rings (SSSR count). The zero-order valence-corrected chi connectivity index (χ0v) is 11.7. The Morgan fingerprint density at radius 3 is 2.71 bits per heavy atom. The molecule has 2 N–H and O–H groups in total. The van der Waals surface area contributed by atoms with E-state index in [1.54, 1.807) is 31.2 Å². The summed E-state index contributed by atoms with van der Waals surface area (Å²) in [5.41, 5.74) is 1.64.